The Bertz CT molecular complexity index is 543. The maximum Gasteiger partial charge on any atom is 0.119 e. The Kier molecular flexibility index (Phi) is 5.92. The van der Waals surface area contributed by atoms with E-state index < -0.39 is 0 Å². The summed E-state index contributed by atoms with van der Waals surface area (Å²) < 4.78 is 5.23. The zero-order valence-electron chi connectivity index (χ0n) is 11.7. The Morgan fingerprint density at radius 3 is 2.45 bits per heavy atom. The van der Waals surface area contributed by atoms with Crippen LogP contribution in [0, 0.1) is 0 Å². The highest BCUT2D eigenvalue weighted by atomic mass is 32.2. The van der Waals surface area contributed by atoms with E-state index >= 15 is 0 Å². The van der Waals surface area contributed by atoms with Gasteiger partial charge in [0.15, 0.2) is 0 Å². The third-order valence-electron chi connectivity index (χ3n) is 2.60. The maximum atomic E-state index is 5.23. The molecule has 106 valence electrons. The first kappa shape index (κ1) is 14.9. The van der Waals surface area contributed by atoms with Crippen LogP contribution in [0.25, 0.3) is 0 Å². The van der Waals surface area contributed by atoms with Gasteiger partial charge in [-0.05, 0) is 42.8 Å². The fourth-order valence-corrected chi connectivity index (χ4v) is 2.64. The second-order valence-corrected chi connectivity index (χ2v) is 5.24. The average molecular weight is 290 g/mol. The van der Waals surface area contributed by atoms with Gasteiger partial charge >= 0.3 is 0 Å². The molecule has 2 aromatic rings. The predicted octanol–water partition coefficient (Wildman–Crippen LogP) is 4.31. The number of hydrogen-bond acceptors (Lipinski definition) is 4. The van der Waals surface area contributed by atoms with Gasteiger partial charge in [0.1, 0.15) is 12.4 Å². The molecule has 0 aromatic heterocycles. The lowest BCUT2D eigenvalue weighted by Gasteiger charge is -2.06. The third kappa shape index (κ3) is 4.56. The molecule has 3 nitrogen and oxygen atoms in total. The van der Waals surface area contributed by atoms with Crippen molar-refractivity contribution in [1.82, 2.24) is 0 Å². The molecule has 2 rings (SSSR count). The van der Waals surface area contributed by atoms with Crippen LogP contribution in [0.15, 0.2) is 58.3 Å². The van der Waals surface area contributed by atoms with Gasteiger partial charge in [0.25, 0.3) is 0 Å². The first-order chi connectivity index (χ1) is 9.81. The van der Waals surface area contributed by atoms with Crippen LogP contribution in [0.2, 0.25) is 0 Å². The van der Waals surface area contributed by atoms with Gasteiger partial charge in [-0.1, -0.05) is 30.0 Å². The van der Waals surface area contributed by atoms with Gasteiger partial charge in [0.05, 0.1) is 13.7 Å². The lowest BCUT2D eigenvalue weighted by Crippen LogP contribution is -1.94. The number of benzene rings is 2. The molecule has 0 fully saturated rings. The van der Waals surface area contributed by atoms with Gasteiger partial charge in [0, 0.05) is 9.79 Å². The largest absolute Gasteiger partial charge is 0.497 e. The lowest BCUT2D eigenvalue weighted by atomic mass is 10.2. The molecule has 0 N–H and O–H groups in total. The van der Waals surface area contributed by atoms with Crippen molar-refractivity contribution in [3.63, 3.8) is 0 Å². The molecule has 0 spiro atoms. The molecule has 20 heavy (non-hydrogen) atoms. The summed E-state index contributed by atoms with van der Waals surface area (Å²) in [5, 5.41) is 0. The van der Waals surface area contributed by atoms with Crippen molar-refractivity contribution >= 4 is 11.8 Å². The molecule has 0 saturated heterocycles. The number of rotatable bonds is 7. The van der Waals surface area contributed by atoms with E-state index in [9.17, 15) is 0 Å². The monoisotopic (exact) mass is 290 g/mol. The Morgan fingerprint density at radius 1 is 0.950 bits per heavy atom. The molecule has 0 aliphatic heterocycles. The van der Waals surface area contributed by atoms with Crippen molar-refractivity contribution in [1.29, 1.82) is 0 Å². The minimum Gasteiger partial charge on any atom is -0.497 e. The standard InChI is InChI=1S/C16H18O3S/c1-3-18-19-12-13-6-4-8-15(10-13)20-16-9-5-7-14(11-16)17-2/h4-11H,3,12H2,1-2H3. The topological polar surface area (TPSA) is 27.7 Å². The van der Waals surface area contributed by atoms with Crippen LogP contribution in [0.5, 0.6) is 5.75 Å². The minimum absolute atomic E-state index is 0.459. The maximum absolute atomic E-state index is 5.23. The molecular weight excluding hydrogens is 272 g/mol. The predicted molar refractivity (Wildman–Crippen MR) is 80.0 cm³/mol. The van der Waals surface area contributed by atoms with Crippen molar-refractivity contribution < 1.29 is 14.5 Å². The van der Waals surface area contributed by atoms with Crippen molar-refractivity contribution in [2.24, 2.45) is 0 Å². The SMILES string of the molecule is CCOOCc1cccc(Sc2cccc(OC)c2)c1. The van der Waals surface area contributed by atoms with Crippen LogP contribution in [0.1, 0.15) is 12.5 Å². The van der Waals surface area contributed by atoms with E-state index in [1.165, 1.54) is 0 Å². The van der Waals surface area contributed by atoms with Crippen molar-refractivity contribution in [2.45, 2.75) is 23.3 Å². The molecule has 0 radical (unpaired) electrons. The van der Waals surface area contributed by atoms with E-state index in [1.807, 2.05) is 37.3 Å². The Balaban J connectivity index is 2.03. The molecular formula is C16H18O3S. The summed E-state index contributed by atoms with van der Waals surface area (Å²) >= 11 is 1.69. The normalized spacial score (nSPS) is 10.5. The van der Waals surface area contributed by atoms with Gasteiger partial charge in [0.2, 0.25) is 0 Å². The Hall–Kier alpha value is -1.49. The van der Waals surface area contributed by atoms with Gasteiger partial charge in [-0.3, -0.25) is 0 Å². The van der Waals surface area contributed by atoms with Gasteiger partial charge in [-0.2, -0.15) is 0 Å². The summed E-state index contributed by atoms with van der Waals surface area (Å²) in [6.07, 6.45) is 0. The van der Waals surface area contributed by atoms with Crippen LogP contribution < -0.4 is 4.74 Å². The van der Waals surface area contributed by atoms with Crippen molar-refractivity contribution in [3.05, 3.63) is 54.1 Å². The molecule has 0 bridgehead atoms. The van der Waals surface area contributed by atoms with Crippen LogP contribution in [-0.4, -0.2) is 13.7 Å². The summed E-state index contributed by atoms with van der Waals surface area (Å²) in [6.45, 7) is 2.91. The van der Waals surface area contributed by atoms with E-state index in [4.69, 9.17) is 14.5 Å². The summed E-state index contributed by atoms with van der Waals surface area (Å²) in [5.41, 5.74) is 1.09. The molecule has 0 atom stereocenters. The highest BCUT2D eigenvalue weighted by Gasteiger charge is 2.01. The van der Waals surface area contributed by atoms with Crippen LogP contribution in [0.3, 0.4) is 0 Å². The molecule has 0 amide bonds. The molecule has 0 aliphatic rings. The average Bonchev–Trinajstić information content (AvgIpc) is 2.48. The number of ether oxygens (including phenoxy) is 1. The van der Waals surface area contributed by atoms with E-state index in [-0.39, 0.29) is 0 Å². The van der Waals surface area contributed by atoms with Crippen LogP contribution in [0.4, 0.5) is 0 Å². The zero-order valence-corrected chi connectivity index (χ0v) is 12.5. The molecule has 0 heterocycles. The first-order valence-electron chi connectivity index (χ1n) is 6.47. The number of hydrogen-bond donors (Lipinski definition) is 0. The van der Waals surface area contributed by atoms with Crippen LogP contribution >= 0.6 is 11.8 Å². The van der Waals surface area contributed by atoms with Gasteiger partial charge in [-0.15, -0.1) is 0 Å². The fraction of sp³-hybridized carbons (Fsp3) is 0.250. The van der Waals surface area contributed by atoms with E-state index in [0.29, 0.717) is 13.2 Å². The second-order valence-electron chi connectivity index (χ2n) is 4.10. The Morgan fingerprint density at radius 2 is 1.70 bits per heavy atom. The van der Waals surface area contributed by atoms with Crippen LogP contribution in [-0.2, 0) is 16.4 Å². The number of methoxy groups -OCH3 is 1. The highest BCUT2D eigenvalue weighted by Crippen LogP contribution is 2.30. The lowest BCUT2D eigenvalue weighted by molar-refractivity contribution is -0.300. The summed E-state index contributed by atoms with van der Waals surface area (Å²) in [5.74, 6) is 0.867. The van der Waals surface area contributed by atoms with Crippen molar-refractivity contribution in [3.8, 4) is 5.75 Å². The molecule has 2 aromatic carbocycles. The second kappa shape index (κ2) is 7.94. The Labute approximate surface area is 123 Å². The molecule has 0 saturated carbocycles. The summed E-state index contributed by atoms with van der Waals surface area (Å²) in [6, 6.07) is 16.2. The summed E-state index contributed by atoms with van der Waals surface area (Å²) in [4.78, 5) is 12.3. The zero-order chi connectivity index (χ0) is 14.2. The first-order valence-corrected chi connectivity index (χ1v) is 7.28. The van der Waals surface area contributed by atoms with E-state index in [2.05, 4.69) is 18.2 Å². The van der Waals surface area contributed by atoms with Crippen molar-refractivity contribution in [2.75, 3.05) is 13.7 Å². The quantitative estimate of drug-likeness (QED) is 0.431. The smallest absolute Gasteiger partial charge is 0.119 e. The van der Waals surface area contributed by atoms with Gasteiger partial charge in [-0.25, -0.2) is 9.78 Å². The van der Waals surface area contributed by atoms with E-state index in [1.54, 1.807) is 18.9 Å². The molecule has 0 aliphatic carbocycles. The molecule has 0 unspecified atom stereocenters. The molecule has 4 heteroatoms. The minimum atomic E-state index is 0.459. The fourth-order valence-electron chi connectivity index (χ4n) is 1.69. The third-order valence-corrected chi connectivity index (χ3v) is 3.58. The van der Waals surface area contributed by atoms with Gasteiger partial charge < -0.3 is 4.74 Å². The highest BCUT2D eigenvalue weighted by molar-refractivity contribution is 7.99. The summed E-state index contributed by atoms with van der Waals surface area (Å²) in [7, 11) is 1.68. The van der Waals surface area contributed by atoms with E-state index in [0.717, 1.165) is 21.1 Å².